The summed E-state index contributed by atoms with van der Waals surface area (Å²) >= 11 is 0. The Morgan fingerprint density at radius 1 is 0.932 bits per heavy atom. The van der Waals surface area contributed by atoms with Gasteiger partial charge in [-0.1, -0.05) is 39.3 Å². The van der Waals surface area contributed by atoms with Crippen molar-refractivity contribution in [1.82, 2.24) is 15.1 Å². The Labute approximate surface area is 344 Å². The van der Waals surface area contributed by atoms with Crippen LogP contribution in [0.25, 0.3) is 11.1 Å². The minimum Gasteiger partial charge on any atom is -0.488 e. The van der Waals surface area contributed by atoms with E-state index in [-0.39, 0.29) is 36.7 Å². The molecule has 15 heteroatoms. The molecule has 2 aromatic rings. The number of hydrogen-bond donors (Lipinski definition) is 1. The van der Waals surface area contributed by atoms with Crippen molar-refractivity contribution in [2.24, 2.45) is 11.8 Å². The van der Waals surface area contributed by atoms with E-state index in [0.29, 0.717) is 49.1 Å². The number of esters is 2. The van der Waals surface area contributed by atoms with E-state index in [0.717, 1.165) is 28.7 Å². The molecule has 3 amide bonds. The van der Waals surface area contributed by atoms with Crippen LogP contribution in [0.15, 0.2) is 30.3 Å². The van der Waals surface area contributed by atoms with E-state index in [4.69, 9.17) is 23.7 Å². The Hall–Kier alpha value is -5.47. The molecular weight excluding hydrogens is 762 g/mol. The molecule has 3 heterocycles. The van der Waals surface area contributed by atoms with Gasteiger partial charge in [-0.15, -0.1) is 0 Å². The minimum absolute atomic E-state index is 0.112. The van der Waals surface area contributed by atoms with Crippen LogP contribution < -0.4 is 10.1 Å². The zero-order chi connectivity index (χ0) is 42.9. The lowest BCUT2D eigenvalue weighted by molar-refractivity contribution is -0.158. The second-order valence-electron chi connectivity index (χ2n) is 17.2. The van der Waals surface area contributed by atoms with E-state index in [2.05, 4.69) is 5.32 Å². The highest BCUT2D eigenvalue weighted by molar-refractivity contribution is 6.04. The number of rotatable bonds is 10. The van der Waals surface area contributed by atoms with Gasteiger partial charge >= 0.3 is 24.1 Å². The van der Waals surface area contributed by atoms with Gasteiger partial charge in [0.1, 0.15) is 36.1 Å². The number of carbonyl (C=O) groups excluding carboxylic acids is 7. The number of hydrogen-bond acceptors (Lipinski definition) is 12. The maximum absolute atomic E-state index is 13.8. The summed E-state index contributed by atoms with van der Waals surface area (Å²) in [4.78, 5) is 95.2. The quantitative estimate of drug-likeness (QED) is 0.173. The number of nitrogens with one attached hydrogen (secondary N) is 1. The van der Waals surface area contributed by atoms with E-state index >= 15 is 0 Å². The van der Waals surface area contributed by atoms with Crippen LogP contribution in [0, 0.1) is 11.8 Å². The molecule has 6 atom stereocenters. The number of amides is 3. The number of aryl methyl sites for hydroxylation is 1. The van der Waals surface area contributed by atoms with Crippen LogP contribution >= 0.6 is 0 Å². The van der Waals surface area contributed by atoms with Crippen LogP contribution in [-0.2, 0) is 46.4 Å². The second kappa shape index (κ2) is 17.4. The topological polar surface area (TPSA) is 184 Å². The largest absolute Gasteiger partial charge is 0.488 e. The number of ether oxygens (including phenoxy) is 5. The van der Waals surface area contributed by atoms with Crippen LogP contribution in [0.5, 0.6) is 5.75 Å². The zero-order valence-corrected chi connectivity index (χ0v) is 35.1. The number of benzene rings is 2. The number of carbonyl (C=O) groups is 7. The fourth-order valence-corrected chi connectivity index (χ4v) is 8.35. The van der Waals surface area contributed by atoms with Crippen molar-refractivity contribution in [1.29, 1.82) is 0 Å². The van der Waals surface area contributed by atoms with Crippen LogP contribution in [0.2, 0.25) is 0 Å². The Balaban J connectivity index is 1.10. The molecule has 1 aliphatic carbocycles. The SMILES string of the molecule is CC[C@H]1CC(C(=O)OCC(=O)c2ccc3c(c2)COc2cc4c(cc2-3)CCC(OC(=O)[C@@H]2CC[C@H](C)N2C(=O)[C@H](NC(=O)OC)C(C)C)C4=O)N(C(=O)OC(C)(C)C)C1. The molecule has 2 unspecified atom stereocenters. The van der Waals surface area contributed by atoms with Crippen molar-refractivity contribution in [3.05, 3.63) is 52.6 Å². The lowest BCUT2D eigenvalue weighted by atomic mass is 9.84. The van der Waals surface area contributed by atoms with Crippen LogP contribution in [0.4, 0.5) is 9.59 Å². The van der Waals surface area contributed by atoms with Gasteiger partial charge in [0.05, 0.1) is 7.11 Å². The summed E-state index contributed by atoms with van der Waals surface area (Å²) in [7, 11) is 1.21. The summed E-state index contributed by atoms with van der Waals surface area (Å²) in [6, 6.07) is 5.79. The molecule has 1 N–H and O–H groups in total. The predicted molar refractivity (Wildman–Crippen MR) is 213 cm³/mol. The predicted octanol–water partition coefficient (Wildman–Crippen LogP) is 5.81. The van der Waals surface area contributed by atoms with Crippen LogP contribution in [0.3, 0.4) is 0 Å². The molecule has 318 valence electrons. The van der Waals surface area contributed by atoms with Gasteiger partial charge in [-0.2, -0.15) is 0 Å². The van der Waals surface area contributed by atoms with Crippen molar-refractivity contribution in [3.8, 4) is 16.9 Å². The van der Waals surface area contributed by atoms with Crippen molar-refractivity contribution >= 4 is 41.6 Å². The highest BCUT2D eigenvalue weighted by atomic mass is 16.6. The Morgan fingerprint density at radius 3 is 2.36 bits per heavy atom. The number of likely N-dealkylation sites (tertiary alicyclic amines) is 2. The van der Waals surface area contributed by atoms with Crippen LogP contribution in [-0.4, -0.2) is 108 Å². The van der Waals surface area contributed by atoms with E-state index in [9.17, 15) is 33.6 Å². The van der Waals surface area contributed by atoms with Crippen molar-refractivity contribution < 1.29 is 57.2 Å². The average Bonchev–Trinajstić information content (AvgIpc) is 3.82. The Kier molecular flexibility index (Phi) is 12.7. The first kappa shape index (κ1) is 43.1. The summed E-state index contributed by atoms with van der Waals surface area (Å²) in [6.07, 6.45) is 0.431. The molecule has 2 saturated heterocycles. The van der Waals surface area contributed by atoms with E-state index in [1.165, 1.54) is 16.9 Å². The molecule has 0 saturated carbocycles. The smallest absolute Gasteiger partial charge is 0.411 e. The summed E-state index contributed by atoms with van der Waals surface area (Å²) in [6.45, 7) is 12.7. The molecule has 0 aromatic heterocycles. The summed E-state index contributed by atoms with van der Waals surface area (Å²) in [5, 5.41) is 2.57. The maximum Gasteiger partial charge on any atom is 0.411 e. The van der Waals surface area contributed by atoms with E-state index < -0.39 is 72.3 Å². The highest BCUT2D eigenvalue weighted by Gasteiger charge is 2.45. The summed E-state index contributed by atoms with van der Waals surface area (Å²) in [5.74, 6) is -2.20. The number of Topliss-reactive ketones (excluding diaryl/α,β-unsaturated/α-hetero) is 2. The zero-order valence-electron chi connectivity index (χ0n) is 35.1. The molecular formula is C44H55N3O12. The van der Waals surface area contributed by atoms with E-state index in [1.54, 1.807) is 58.9 Å². The average molecular weight is 818 g/mol. The molecule has 0 bridgehead atoms. The third kappa shape index (κ3) is 9.23. The van der Waals surface area contributed by atoms with Gasteiger partial charge in [0, 0.05) is 29.3 Å². The maximum atomic E-state index is 13.8. The van der Waals surface area contributed by atoms with Crippen molar-refractivity contribution in [3.63, 3.8) is 0 Å². The molecule has 6 rings (SSSR count). The molecule has 15 nitrogen and oxygen atoms in total. The van der Waals surface area contributed by atoms with Crippen molar-refractivity contribution in [2.75, 3.05) is 20.3 Å². The Morgan fingerprint density at radius 2 is 1.68 bits per heavy atom. The van der Waals surface area contributed by atoms with Gasteiger partial charge in [-0.3, -0.25) is 19.3 Å². The monoisotopic (exact) mass is 817 g/mol. The number of fused-ring (bicyclic) bond motifs is 4. The third-order valence-corrected chi connectivity index (χ3v) is 11.6. The fourth-order valence-electron chi connectivity index (χ4n) is 8.35. The molecule has 59 heavy (non-hydrogen) atoms. The lowest BCUT2D eigenvalue weighted by Gasteiger charge is -2.33. The molecule has 3 aliphatic heterocycles. The van der Waals surface area contributed by atoms with Gasteiger partial charge in [0.15, 0.2) is 18.5 Å². The Bertz CT molecular complexity index is 2020. The number of alkyl carbamates (subject to hydrolysis) is 1. The summed E-state index contributed by atoms with van der Waals surface area (Å²) < 4.78 is 27.6. The summed E-state index contributed by atoms with van der Waals surface area (Å²) in [5.41, 5.74) is 3.08. The highest BCUT2D eigenvalue weighted by Crippen LogP contribution is 2.42. The molecule has 2 aromatic carbocycles. The fraction of sp³-hybridized carbons (Fsp3) is 0.568. The third-order valence-electron chi connectivity index (χ3n) is 11.6. The van der Waals surface area contributed by atoms with Gasteiger partial charge in [-0.05, 0) is 107 Å². The second-order valence-corrected chi connectivity index (χ2v) is 17.2. The first-order valence-corrected chi connectivity index (χ1v) is 20.4. The minimum atomic E-state index is -1.05. The lowest BCUT2D eigenvalue weighted by Crippen LogP contribution is -2.56. The first-order valence-electron chi connectivity index (χ1n) is 20.4. The van der Waals surface area contributed by atoms with Gasteiger partial charge < -0.3 is 33.9 Å². The van der Waals surface area contributed by atoms with Crippen molar-refractivity contribution in [2.45, 2.75) is 129 Å². The van der Waals surface area contributed by atoms with Gasteiger partial charge in [0.25, 0.3) is 0 Å². The molecule has 0 spiro atoms. The number of ketones is 2. The molecule has 0 radical (unpaired) electrons. The van der Waals surface area contributed by atoms with Gasteiger partial charge in [0.2, 0.25) is 11.7 Å². The number of nitrogens with zero attached hydrogens (tertiary/aromatic N) is 2. The van der Waals surface area contributed by atoms with E-state index in [1.807, 2.05) is 19.9 Å². The molecule has 4 aliphatic rings. The van der Waals surface area contributed by atoms with Gasteiger partial charge in [-0.25, -0.2) is 19.2 Å². The first-order chi connectivity index (χ1) is 27.9. The number of methoxy groups -OCH3 is 1. The van der Waals surface area contributed by atoms with Crippen LogP contribution in [0.1, 0.15) is 112 Å². The standard InChI is InChI=1S/C44H55N3O12/c1-9-25-16-33(46(20-25)43(54)59-44(5,6)7)40(51)57-22-34(48)27-11-13-29-28(17-27)21-56-36-19-30-26(18-31(29)36)12-15-35(38(30)49)58-41(52)32-14-10-24(4)47(32)39(50)37(23(2)3)45-42(53)55-8/h11,13,17-19,23-25,32-33,35,37H,9-10,12,14-16,20-22H2,1-8H3,(H,45,53)/t24-,25-,32-,33?,35?,37+/m0/s1. The molecule has 2 fully saturated rings. The normalized spacial score (nSPS) is 22.7.